The summed E-state index contributed by atoms with van der Waals surface area (Å²) >= 11 is 0. The summed E-state index contributed by atoms with van der Waals surface area (Å²) in [5, 5.41) is 6.00. The van der Waals surface area contributed by atoms with Crippen LogP contribution in [0, 0.1) is 0 Å². The van der Waals surface area contributed by atoms with Crippen molar-refractivity contribution in [3.8, 4) is 11.4 Å². The fourth-order valence-electron chi connectivity index (χ4n) is 3.59. The molecule has 138 valence electrons. The molecule has 0 N–H and O–H groups in total. The summed E-state index contributed by atoms with van der Waals surface area (Å²) in [5.74, 6) is 1.23. The Bertz CT molecular complexity index is 727. The quantitative estimate of drug-likeness (QED) is 0.820. The van der Waals surface area contributed by atoms with Gasteiger partial charge in [-0.1, -0.05) is 35.5 Å². The van der Waals surface area contributed by atoms with Gasteiger partial charge in [-0.25, -0.2) is 0 Å². The Morgan fingerprint density at radius 1 is 1.15 bits per heavy atom. The van der Waals surface area contributed by atoms with Gasteiger partial charge < -0.3 is 9.42 Å². The molecule has 0 unspecified atom stereocenters. The molecule has 2 aromatic rings. The van der Waals surface area contributed by atoms with Crippen LogP contribution in [-0.2, 0) is 9.63 Å². The molecule has 0 radical (unpaired) electrons. The molecule has 26 heavy (non-hydrogen) atoms. The van der Waals surface area contributed by atoms with Crippen LogP contribution in [0.2, 0.25) is 0 Å². The summed E-state index contributed by atoms with van der Waals surface area (Å²) in [7, 11) is 0. The maximum Gasteiger partial charge on any atom is 0.249 e. The van der Waals surface area contributed by atoms with Gasteiger partial charge in [0.05, 0.1) is 6.61 Å². The summed E-state index contributed by atoms with van der Waals surface area (Å²) in [6.07, 6.45) is 4.50. The second kappa shape index (κ2) is 7.97. The zero-order valence-corrected chi connectivity index (χ0v) is 14.8. The van der Waals surface area contributed by atoms with Crippen LogP contribution >= 0.6 is 0 Å². The van der Waals surface area contributed by atoms with E-state index in [4.69, 9.17) is 9.36 Å². The summed E-state index contributed by atoms with van der Waals surface area (Å²) in [5.41, 5.74) is 0.917. The van der Waals surface area contributed by atoms with E-state index in [2.05, 4.69) is 10.1 Å². The van der Waals surface area contributed by atoms with E-state index >= 15 is 0 Å². The van der Waals surface area contributed by atoms with Crippen molar-refractivity contribution in [1.82, 2.24) is 20.1 Å². The van der Waals surface area contributed by atoms with Crippen LogP contribution in [0.4, 0.5) is 0 Å². The molecule has 0 saturated carbocycles. The molecule has 2 aliphatic rings. The van der Waals surface area contributed by atoms with Crippen LogP contribution in [0.1, 0.15) is 44.0 Å². The topological polar surface area (TPSA) is 71.7 Å². The minimum absolute atomic E-state index is 0.116. The Morgan fingerprint density at radius 2 is 2.04 bits per heavy atom. The first kappa shape index (κ1) is 17.2. The third-order valence-corrected chi connectivity index (χ3v) is 4.98. The van der Waals surface area contributed by atoms with Gasteiger partial charge in [-0.3, -0.25) is 9.63 Å². The molecule has 1 aromatic carbocycles. The first-order valence-corrected chi connectivity index (χ1v) is 9.37. The lowest BCUT2D eigenvalue weighted by atomic mass is 10.2. The lowest BCUT2D eigenvalue weighted by Gasteiger charge is -2.27. The number of rotatable bonds is 5. The molecule has 2 fully saturated rings. The van der Waals surface area contributed by atoms with Crippen LogP contribution in [0.25, 0.3) is 11.4 Å². The van der Waals surface area contributed by atoms with Crippen LogP contribution in [0.3, 0.4) is 0 Å². The Labute approximate surface area is 152 Å². The number of carbonyl (C=O) groups is 1. The highest BCUT2D eigenvalue weighted by molar-refractivity contribution is 5.77. The number of carbonyl (C=O) groups excluding carboxylic acids is 1. The van der Waals surface area contributed by atoms with E-state index in [1.54, 1.807) is 0 Å². The molecule has 2 saturated heterocycles. The van der Waals surface area contributed by atoms with Gasteiger partial charge in [0.25, 0.3) is 0 Å². The molecule has 0 bridgehead atoms. The highest BCUT2D eigenvalue weighted by Gasteiger charge is 2.34. The maximum atomic E-state index is 12.7. The SMILES string of the molecule is O=C(CCN1CCCCO1)N1CCC[C@H]1c1nc(-c2ccccc2)no1. The lowest BCUT2D eigenvalue weighted by Crippen LogP contribution is -2.36. The van der Waals surface area contributed by atoms with Gasteiger partial charge in [0.15, 0.2) is 0 Å². The summed E-state index contributed by atoms with van der Waals surface area (Å²) < 4.78 is 5.49. The zero-order valence-electron chi connectivity index (χ0n) is 14.8. The van der Waals surface area contributed by atoms with Crippen molar-refractivity contribution in [1.29, 1.82) is 0 Å². The van der Waals surface area contributed by atoms with Crippen LogP contribution < -0.4 is 0 Å². The van der Waals surface area contributed by atoms with E-state index < -0.39 is 0 Å². The van der Waals surface area contributed by atoms with Crippen molar-refractivity contribution >= 4 is 5.91 Å². The minimum Gasteiger partial charge on any atom is -0.337 e. The fraction of sp³-hybridized carbons (Fsp3) is 0.526. The smallest absolute Gasteiger partial charge is 0.249 e. The van der Waals surface area contributed by atoms with Crippen LogP contribution in [0.15, 0.2) is 34.9 Å². The predicted octanol–water partition coefficient (Wildman–Crippen LogP) is 2.82. The monoisotopic (exact) mass is 356 g/mol. The van der Waals surface area contributed by atoms with Gasteiger partial charge in [0.1, 0.15) is 6.04 Å². The number of hydrogen-bond acceptors (Lipinski definition) is 6. The highest BCUT2D eigenvalue weighted by Crippen LogP contribution is 2.32. The lowest BCUT2D eigenvalue weighted by molar-refractivity contribution is -0.182. The zero-order chi connectivity index (χ0) is 17.8. The molecule has 1 aromatic heterocycles. The van der Waals surface area contributed by atoms with Crippen LogP contribution in [0.5, 0.6) is 0 Å². The first-order chi connectivity index (χ1) is 12.8. The largest absolute Gasteiger partial charge is 0.337 e. The third-order valence-electron chi connectivity index (χ3n) is 4.98. The molecule has 7 nitrogen and oxygen atoms in total. The summed E-state index contributed by atoms with van der Waals surface area (Å²) in [6, 6.07) is 9.62. The van der Waals surface area contributed by atoms with Crippen molar-refractivity contribution in [2.45, 2.75) is 38.1 Å². The van der Waals surface area contributed by atoms with Gasteiger partial charge >= 0.3 is 0 Å². The number of aromatic nitrogens is 2. The number of benzene rings is 1. The van der Waals surface area contributed by atoms with Crippen molar-refractivity contribution in [2.24, 2.45) is 0 Å². The van der Waals surface area contributed by atoms with Crippen molar-refractivity contribution < 1.29 is 14.2 Å². The molecule has 7 heteroatoms. The second-order valence-corrected chi connectivity index (χ2v) is 6.79. The molecule has 0 aliphatic carbocycles. The standard InChI is InChI=1S/C19H24N4O3/c24-17(10-13-22-11-4-5-14-25-22)23-12-6-9-16(23)19-20-18(21-26-19)15-7-2-1-3-8-15/h1-3,7-8,16H,4-6,9-14H2/t16-/m0/s1. The normalized spacial score (nSPS) is 21.2. The number of likely N-dealkylation sites (tertiary alicyclic amines) is 1. The average molecular weight is 356 g/mol. The molecule has 1 atom stereocenters. The Hall–Kier alpha value is -2.25. The maximum absolute atomic E-state index is 12.7. The third kappa shape index (κ3) is 3.78. The Balaban J connectivity index is 1.40. The van der Waals surface area contributed by atoms with Gasteiger partial charge in [0.2, 0.25) is 17.6 Å². The molecule has 3 heterocycles. The van der Waals surface area contributed by atoms with Gasteiger partial charge in [-0.15, -0.1) is 0 Å². The minimum atomic E-state index is -0.116. The van der Waals surface area contributed by atoms with E-state index in [-0.39, 0.29) is 11.9 Å². The Kier molecular flexibility index (Phi) is 5.26. The van der Waals surface area contributed by atoms with E-state index in [0.717, 1.165) is 50.9 Å². The summed E-state index contributed by atoms with van der Waals surface area (Å²) in [6.45, 7) is 3.04. The van der Waals surface area contributed by atoms with E-state index in [1.807, 2.05) is 40.3 Å². The molecule has 1 amide bonds. The van der Waals surface area contributed by atoms with Gasteiger partial charge in [-0.05, 0) is 25.7 Å². The van der Waals surface area contributed by atoms with E-state index in [9.17, 15) is 4.79 Å². The molecular formula is C19H24N4O3. The summed E-state index contributed by atoms with van der Waals surface area (Å²) in [4.78, 5) is 24.7. The molecule has 0 spiro atoms. The predicted molar refractivity (Wildman–Crippen MR) is 94.8 cm³/mol. The van der Waals surface area contributed by atoms with E-state index in [1.165, 1.54) is 0 Å². The van der Waals surface area contributed by atoms with Crippen molar-refractivity contribution in [3.63, 3.8) is 0 Å². The van der Waals surface area contributed by atoms with E-state index in [0.29, 0.717) is 24.7 Å². The van der Waals surface area contributed by atoms with Gasteiger partial charge in [-0.2, -0.15) is 10.0 Å². The molecule has 4 rings (SSSR count). The average Bonchev–Trinajstić information content (AvgIpc) is 3.37. The van der Waals surface area contributed by atoms with Crippen molar-refractivity contribution in [3.05, 3.63) is 36.2 Å². The first-order valence-electron chi connectivity index (χ1n) is 9.37. The molecule has 2 aliphatic heterocycles. The number of hydrogen-bond donors (Lipinski definition) is 0. The second-order valence-electron chi connectivity index (χ2n) is 6.79. The number of nitrogens with zero attached hydrogens (tertiary/aromatic N) is 4. The number of hydroxylamine groups is 2. The van der Waals surface area contributed by atoms with Crippen molar-refractivity contribution in [2.75, 3.05) is 26.2 Å². The number of amides is 1. The van der Waals surface area contributed by atoms with Gasteiger partial charge in [0, 0.05) is 31.6 Å². The fourth-order valence-corrected chi connectivity index (χ4v) is 3.59. The Morgan fingerprint density at radius 3 is 2.85 bits per heavy atom. The highest BCUT2D eigenvalue weighted by atomic mass is 16.7. The van der Waals surface area contributed by atoms with Crippen LogP contribution in [-0.4, -0.2) is 52.3 Å². The molecular weight excluding hydrogens is 332 g/mol.